The summed E-state index contributed by atoms with van der Waals surface area (Å²) in [6.45, 7) is 2.32. The lowest BCUT2D eigenvalue weighted by atomic mass is 9.97. The van der Waals surface area contributed by atoms with Crippen LogP contribution in [-0.2, 0) is 17.8 Å². The Hall–Kier alpha value is -4.32. The number of imidazole rings is 1. The summed E-state index contributed by atoms with van der Waals surface area (Å²) >= 11 is 3.83. The largest absolute Gasteiger partial charge is 0.472 e. The summed E-state index contributed by atoms with van der Waals surface area (Å²) in [6.07, 6.45) is 4.81. The molecule has 0 spiro atoms. The molecule has 2 amide bonds. The minimum Gasteiger partial charge on any atom is -0.472 e. The van der Waals surface area contributed by atoms with Crippen LogP contribution in [0.25, 0.3) is 33.6 Å². The maximum Gasteiger partial charge on any atom is 0.272 e. The van der Waals surface area contributed by atoms with Gasteiger partial charge >= 0.3 is 0 Å². The smallest absolute Gasteiger partial charge is 0.272 e. The van der Waals surface area contributed by atoms with E-state index in [4.69, 9.17) is 9.40 Å². The van der Waals surface area contributed by atoms with Gasteiger partial charge in [-0.25, -0.2) is 10.1 Å². The van der Waals surface area contributed by atoms with Crippen LogP contribution in [-0.4, -0.2) is 55.6 Å². The number of benzene rings is 1. The number of tetrazole rings is 1. The number of nitrogens with zero attached hydrogens (tertiary/aromatic N) is 6. The molecule has 0 radical (unpaired) electrons. The molecule has 192 valence electrons. The summed E-state index contributed by atoms with van der Waals surface area (Å²) in [7, 11) is 1.65. The fourth-order valence-corrected chi connectivity index (χ4v) is 5.75. The van der Waals surface area contributed by atoms with E-state index in [2.05, 4.69) is 48.8 Å². The number of nitrogens with one attached hydrogen (secondary N) is 2. The zero-order chi connectivity index (χ0) is 26.4. The summed E-state index contributed by atoms with van der Waals surface area (Å²) in [5.41, 5.74) is 5.85. The van der Waals surface area contributed by atoms with Crippen molar-refractivity contribution in [2.75, 3.05) is 18.5 Å². The molecule has 0 bridgehead atoms. The molecule has 4 heterocycles. The number of rotatable bonds is 6. The number of carbonyl (C=O) groups is 2. The van der Waals surface area contributed by atoms with Gasteiger partial charge in [-0.1, -0.05) is 31.2 Å². The number of carbonyl (C=O) groups excluding carboxylic acids is 2. The fraction of sp³-hybridized carbons (Fsp3) is 0.231. The first kappa shape index (κ1) is 24.0. The van der Waals surface area contributed by atoms with E-state index in [1.807, 2.05) is 34.9 Å². The van der Waals surface area contributed by atoms with Crippen molar-refractivity contribution in [1.82, 2.24) is 35.5 Å². The van der Waals surface area contributed by atoms with E-state index < -0.39 is 0 Å². The Bertz CT molecular complexity index is 1640. The van der Waals surface area contributed by atoms with E-state index in [1.54, 1.807) is 19.6 Å². The second kappa shape index (κ2) is 9.53. The summed E-state index contributed by atoms with van der Waals surface area (Å²) < 4.78 is 8.31. The van der Waals surface area contributed by atoms with Crippen molar-refractivity contribution in [1.29, 1.82) is 0 Å². The van der Waals surface area contributed by atoms with E-state index in [0.717, 1.165) is 50.1 Å². The first-order valence-corrected chi connectivity index (χ1v) is 12.9. The highest BCUT2D eigenvalue weighted by Gasteiger charge is 2.33. The highest BCUT2D eigenvalue weighted by Crippen LogP contribution is 2.48. The van der Waals surface area contributed by atoms with Crippen LogP contribution in [0.1, 0.15) is 35.2 Å². The molecule has 0 saturated carbocycles. The molecular formula is C26H23BrN8O3. The van der Waals surface area contributed by atoms with Gasteiger partial charge in [0.2, 0.25) is 5.91 Å². The lowest BCUT2D eigenvalue weighted by molar-refractivity contribution is -0.117. The molecule has 1 aliphatic carbocycles. The minimum atomic E-state index is -0.327. The van der Waals surface area contributed by atoms with Crippen molar-refractivity contribution in [2.45, 2.75) is 26.3 Å². The van der Waals surface area contributed by atoms with Crippen LogP contribution < -0.4 is 10.2 Å². The van der Waals surface area contributed by atoms with Crippen molar-refractivity contribution >= 4 is 33.6 Å². The van der Waals surface area contributed by atoms with Gasteiger partial charge in [-0.15, -0.1) is 5.10 Å². The first-order chi connectivity index (χ1) is 18.5. The normalized spacial score (nSPS) is 13.6. The van der Waals surface area contributed by atoms with Gasteiger partial charge in [0, 0.05) is 34.6 Å². The molecule has 6 rings (SSSR count). The van der Waals surface area contributed by atoms with Crippen molar-refractivity contribution in [3.8, 4) is 33.6 Å². The van der Waals surface area contributed by atoms with E-state index >= 15 is 0 Å². The molecule has 2 aliphatic heterocycles. The number of aryl methyl sites for hydroxylation is 1. The van der Waals surface area contributed by atoms with Crippen molar-refractivity contribution < 1.29 is 14.0 Å². The molecule has 3 aromatic rings. The highest BCUT2D eigenvalue weighted by molar-refractivity contribution is 9.10. The Morgan fingerprint density at radius 1 is 1.11 bits per heavy atom. The van der Waals surface area contributed by atoms with E-state index in [9.17, 15) is 9.59 Å². The summed E-state index contributed by atoms with van der Waals surface area (Å²) in [5, 5.41) is 17.2. The number of fused-ring (bicyclic) bond motifs is 2. The zero-order valence-electron chi connectivity index (χ0n) is 20.7. The van der Waals surface area contributed by atoms with Gasteiger partial charge in [-0.3, -0.25) is 14.5 Å². The molecule has 2 N–H and O–H groups in total. The third kappa shape index (κ3) is 3.79. The third-order valence-electron chi connectivity index (χ3n) is 6.79. The Morgan fingerprint density at radius 3 is 2.68 bits per heavy atom. The third-order valence-corrected chi connectivity index (χ3v) is 7.62. The SMILES string of the molecule is CCCc1nc2c(n1Cc1c3ccocc-3c(Br)c1-c1ccccc1-c1nnn[nH]1)C(=O)NCC(=O)N2C. The van der Waals surface area contributed by atoms with Crippen LogP contribution in [0.3, 0.4) is 0 Å². The Balaban J connectivity index is 1.60. The van der Waals surface area contributed by atoms with Crippen molar-refractivity contribution in [3.63, 3.8) is 0 Å². The number of halogens is 1. The Kier molecular flexibility index (Phi) is 6.03. The molecule has 3 aliphatic rings. The molecule has 11 nitrogen and oxygen atoms in total. The van der Waals surface area contributed by atoms with Crippen LogP contribution in [0.4, 0.5) is 5.82 Å². The maximum atomic E-state index is 13.3. The second-order valence-corrected chi connectivity index (χ2v) is 9.81. The molecule has 2 aromatic heterocycles. The average Bonchev–Trinajstić information content (AvgIpc) is 3.64. The molecule has 38 heavy (non-hydrogen) atoms. The van der Waals surface area contributed by atoms with Crippen LogP contribution in [0.15, 0.2) is 51.7 Å². The number of anilines is 1. The Morgan fingerprint density at radius 2 is 1.92 bits per heavy atom. The fourth-order valence-electron chi connectivity index (χ4n) is 4.99. The van der Waals surface area contributed by atoms with Gasteiger partial charge < -0.3 is 14.3 Å². The Labute approximate surface area is 225 Å². The highest BCUT2D eigenvalue weighted by atomic mass is 79.9. The van der Waals surface area contributed by atoms with Gasteiger partial charge in [-0.05, 0) is 55.5 Å². The minimum absolute atomic E-state index is 0.0784. The monoisotopic (exact) mass is 574 g/mol. The first-order valence-electron chi connectivity index (χ1n) is 12.1. The summed E-state index contributed by atoms with van der Waals surface area (Å²) in [5.74, 6) is 1.10. The molecule has 0 saturated heterocycles. The number of H-pyrrole nitrogens is 1. The average molecular weight is 575 g/mol. The van der Waals surface area contributed by atoms with Crippen LogP contribution in [0, 0.1) is 0 Å². The molecule has 0 unspecified atom stereocenters. The second-order valence-electron chi connectivity index (χ2n) is 9.02. The number of aromatic nitrogens is 6. The number of hydrogen-bond acceptors (Lipinski definition) is 7. The molecule has 0 fully saturated rings. The lowest BCUT2D eigenvalue weighted by Gasteiger charge is -2.15. The number of likely N-dealkylation sites (N-methyl/N-ethyl adjacent to an activating group) is 1. The number of aromatic amines is 1. The van der Waals surface area contributed by atoms with Gasteiger partial charge in [0.05, 0.1) is 25.6 Å². The molecular weight excluding hydrogens is 552 g/mol. The lowest BCUT2D eigenvalue weighted by Crippen LogP contribution is -2.34. The van der Waals surface area contributed by atoms with Crippen molar-refractivity contribution in [3.05, 3.63) is 64.4 Å². The zero-order valence-corrected chi connectivity index (χ0v) is 22.2. The van der Waals surface area contributed by atoms with Crippen LogP contribution in [0.5, 0.6) is 0 Å². The summed E-state index contributed by atoms with van der Waals surface area (Å²) in [6, 6.07) is 9.77. The van der Waals surface area contributed by atoms with Gasteiger partial charge in [-0.2, -0.15) is 0 Å². The molecule has 12 heteroatoms. The van der Waals surface area contributed by atoms with Gasteiger partial charge in [0.15, 0.2) is 17.3 Å². The van der Waals surface area contributed by atoms with E-state index in [0.29, 0.717) is 30.3 Å². The number of hydrogen-bond donors (Lipinski definition) is 2. The topological polar surface area (TPSA) is 135 Å². The van der Waals surface area contributed by atoms with E-state index in [-0.39, 0.29) is 18.4 Å². The predicted molar refractivity (Wildman–Crippen MR) is 143 cm³/mol. The van der Waals surface area contributed by atoms with Crippen molar-refractivity contribution in [2.24, 2.45) is 0 Å². The summed E-state index contributed by atoms with van der Waals surface area (Å²) in [4.78, 5) is 32.0. The molecule has 1 aromatic carbocycles. The van der Waals surface area contributed by atoms with Gasteiger partial charge in [0.25, 0.3) is 5.91 Å². The quantitative estimate of drug-likeness (QED) is 0.314. The maximum absolute atomic E-state index is 13.3. The molecule has 0 atom stereocenters. The number of amides is 2. The predicted octanol–water partition coefficient (Wildman–Crippen LogP) is 3.90. The van der Waals surface area contributed by atoms with Crippen LogP contribution in [0.2, 0.25) is 0 Å². The van der Waals surface area contributed by atoms with Gasteiger partial charge in [0.1, 0.15) is 5.82 Å². The standard InChI is InChI=1S/C26H23BrN8O3/c1-3-6-19-29-25-23(26(37)28-11-20(36)34(25)2)35(19)12-17-14-9-10-38-13-18(14)22(27)21(17)15-7-4-5-8-16(15)24-30-32-33-31-24/h4-5,7-10,13H,3,6,11-12H2,1-2H3,(H,28,37)(H,30,31,32,33). The van der Waals surface area contributed by atoms with Crippen LogP contribution >= 0.6 is 15.9 Å². The van der Waals surface area contributed by atoms with E-state index in [1.165, 1.54) is 4.90 Å².